The zero-order valence-corrected chi connectivity index (χ0v) is 9.96. The molecule has 0 saturated carbocycles. The maximum absolute atomic E-state index is 11.4. The van der Waals surface area contributed by atoms with Crippen LogP contribution in [0.4, 0.5) is 0 Å². The van der Waals surface area contributed by atoms with E-state index in [0.29, 0.717) is 0 Å². The van der Waals surface area contributed by atoms with E-state index in [1.54, 1.807) is 0 Å². The lowest BCUT2D eigenvalue weighted by Gasteiger charge is -2.04. The Balaban J connectivity index is 3.37. The molecule has 0 aromatic heterocycles. The van der Waals surface area contributed by atoms with Gasteiger partial charge in [0.1, 0.15) is 11.8 Å². The van der Waals surface area contributed by atoms with Gasteiger partial charge in [0.2, 0.25) is 0 Å². The summed E-state index contributed by atoms with van der Waals surface area (Å²) in [6.07, 6.45) is 0. The van der Waals surface area contributed by atoms with Gasteiger partial charge in [-0.15, -0.1) is 0 Å². The van der Waals surface area contributed by atoms with Crippen molar-refractivity contribution in [2.45, 2.75) is 9.79 Å². The van der Waals surface area contributed by atoms with E-state index in [4.69, 9.17) is 11.5 Å². The van der Waals surface area contributed by atoms with Gasteiger partial charge in [0.15, 0.2) is 19.7 Å². The zero-order valence-electron chi connectivity index (χ0n) is 8.33. The minimum Gasteiger partial charge on any atom is -0.317 e. The molecule has 1 aromatic rings. The summed E-state index contributed by atoms with van der Waals surface area (Å²) in [5.41, 5.74) is 10.1. The summed E-state index contributed by atoms with van der Waals surface area (Å²) in [5.74, 6) is -1.14. The summed E-state index contributed by atoms with van der Waals surface area (Å²) in [5, 5.41) is 0. The molecule has 0 aliphatic carbocycles. The molecule has 0 spiro atoms. The molecule has 0 aliphatic heterocycles. The fourth-order valence-corrected chi connectivity index (χ4v) is 2.70. The quantitative estimate of drug-likeness (QED) is 0.724. The lowest BCUT2D eigenvalue weighted by atomic mass is 10.4. The molecular formula is C8H12N2O4S2. The van der Waals surface area contributed by atoms with Gasteiger partial charge in [-0.2, -0.15) is 0 Å². The van der Waals surface area contributed by atoms with Gasteiger partial charge in [-0.3, -0.25) is 0 Å². The van der Waals surface area contributed by atoms with E-state index in [1.807, 2.05) is 0 Å². The molecule has 0 fully saturated rings. The van der Waals surface area contributed by atoms with Crippen LogP contribution in [-0.2, 0) is 19.7 Å². The molecular weight excluding hydrogens is 252 g/mol. The lowest BCUT2D eigenvalue weighted by molar-refractivity contribution is 0.594. The largest absolute Gasteiger partial charge is 0.317 e. The third kappa shape index (κ3) is 2.59. The average molecular weight is 264 g/mol. The molecule has 0 heterocycles. The summed E-state index contributed by atoms with van der Waals surface area (Å²) in [7, 11) is -7.23. The fourth-order valence-electron chi connectivity index (χ4n) is 1.05. The number of nitrogens with two attached hydrogens (primary N) is 2. The van der Waals surface area contributed by atoms with Gasteiger partial charge < -0.3 is 11.5 Å². The van der Waals surface area contributed by atoms with Crippen molar-refractivity contribution in [3.8, 4) is 0 Å². The molecule has 0 aliphatic rings. The van der Waals surface area contributed by atoms with Crippen LogP contribution in [0.2, 0.25) is 0 Å². The van der Waals surface area contributed by atoms with Crippen molar-refractivity contribution in [1.82, 2.24) is 0 Å². The van der Waals surface area contributed by atoms with E-state index in [-0.39, 0.29) is 9.79 Å². The average Bonchev–Trinajstić information content (AvgIpc) is 2.29. The van der Waals surface area contributed by atoms with E-state index < -0.39 is 31.4 Å². The second kappa shape index (κ2) is 4.50. The smallest absolute Gasteiger partial charge is 0.191 e. The molecule has 4 N–H and O–H groups in total. The van der Waals surface area contributed by atoms with Crippen LogP contribution in [0.1, 0.15) is 0 Å². The number of hydrogen-bond donors (Lipinski definition) is 2. The first-order valence-electron chi connectivity index (χ1n) is 4.29. The molecule has 90 valence electrons. The predicted molar refractivity (Wildman–Crippen MR) is 58.9 cm³/mol. The van der Waals surface area contributed by atoms with Crippen molar-refractivity contribution < 1.29 is 16.8 Å². The Kier molecular flexibility index (Phi) is 3.68. The number of hydrogen-bond acceptors (Lipinski definition) is 6. The van der Waals surface area contributed by atoms with E-state index in [0.717, 1.165) is 6.07 Å². The number of benzene rings is 1. The van der Waals surface area contributed by atoms with Crippen molar-refractivity contribution in [2.75, 3.05) is 11.8 Å². The predicted octanol–water partition coefficient (Wildman–Crippen LogP) is -0.934. The monoisotopic (exact) mass is 264 g/mol. The maximum Gasteiger partial charge on any atom is 0.191 e. The first-order chi connectivity index (χ1) is 7.33. The Morgan fingerprint density at radius 2 is 1.25 bits per heavy atom. The fraction of sp³-hybridized carbons (Fsp3) is 0.250. The second-order valence-corrected chi connectivity index (χ2v) is 7.11. The molecule has 0 radical (unpaired) electrons. The Labute approximate surface area is 94.1 Å². The number of sulfone groups is 2. The summed E-state index contributed by atoms with van der Waals surface area (Å²) in [4.78, 5) is -0.242. The van der Waals surface area contributed by atoms with E-state index in [9.17, 15) is 16.8 Å². The Hall–Kier alpha value is -0.960. The van der Waals surface area contributed by atoms with Crippen LogP contribution in [0.3, 0.4) is 0 Å². The van der Waals surface area contributed by atoms with Crippen molar-refractivity contribution in [1.29, 1.82) is 0 Å². The first-order valence-corrected chi connectivity index (χ1v) is 7.59. The highest BCUT2D eigenvalue weighted by molar-refractivity contribution is 7.92. The molecule has 16 heavy (non-hydrogen) atoms. The molecule has 8 heteroatoms. The van der Waals surface area contributed by atoms with Crippen LogP contribution >= 0.6 is 0 Å². The van der Waals surface area contributed by atoms with Crippen LogP contribution in [0.5, 0.6) is 0 Å². The van der Waals surface area contributed by atoms with Gasteiger partial charge in [0.25, 0.3) is 0 Å². The molecule has 0 unspecified atom stereocenters. The minimum atomic E-state index is -3.62. The van der Waals surface area contributed by atoms with E-state index in [2.05, 4.69) is 0 Å². The topological polar surface area (TPSA) is 120 Å². The zero-order chi connectivity index (χ0) is 12.4. The molecule has 1 rings (SSSR count). The lowest BCUT2D eigenvalue weighted by Crippen LogP contribution is -2.17. The van der Waals surface area contributed by atoms with Crippen molar-refractivity contribution >= 4 is 19.7 Å². The summed E-state index contributed by atoms with van der Waals surface area (Å²) >= 11 is 0. The van der Waals surface area contributed by atoms with Crippen molar-refractivity contribution in [3.63, 3.8) is 0 Å². The summed E-state index contributed by atoms with van der Waals surface area (Å²) in [6.45, 7) is 0. The first kappa shape index (κ1) is 13.1. The second-order valence-electron chi connectivity index (χ2n) is 3.04. The van der Waals surface area contributed by atoms with Crippen LogP contribution in [-0.4, -0.2) is 28.6 Å². The van der Waals surface area contributed by atoms with Gasteiger partial charge in [0.05, 0.1) is 9.79 Å². The molecule has 1 aromatic carbocycles. The maximum atomic E-state index is 11.4. The standard InChI is InChI=1S/C8H12N2O4S2/c9-5-15(11,12)7-2-1-3-8(4-7)16(13,14)6-10/h1-4H,5-6,9-10H2. The Bertz CT molecular complexity index is 529. The highest BCUT2D eigenvalue weighted by atomic mass is 32.2. The Morgan fingerprint density at radius 3 is 1.56 bits per heavy atom. The highest BCUT2D eigenvalue weighted by Gasteiger charge is 2.17. The SMILES string of the molecule is NCS(=O)(=O)c1cccc(S(=O)(=O)CN)c1. The van der Waals surface area contributed by atoms with Gasteiger partial charge >= 0.3 is 0 Å². The summed E-state index contributed by atoms with van der Waals surface area (Å²) < 4.78 is 45.7. The molecule has 0 bridgehead atoms. The summed E-state index contributed by atoms with van der Waals surface area (Å²) in [6, 6.07) is 4.98. The molecule has 0 amide bonds. The third-order valence-corrected chi connectivity index (χ3v) is 4.78. The Morgan fingerprint density at radius 1 is 0.875 bits per heavy atom. The molecule has 0 atom stereocenters. The van der Waals surface area contributed by atoms with Crippen LogP contribution in [0.15, 0.2) is 34.1 Å². The van der Waals surface area contributed by atoms with E-state index >= 15 is 0 Å². The molecule has 0 saturated heterocycles. The van der Waals surface area contributed by atoms with Crippen LogP contribution in [0.25, 0.3) is 0 Å². The van der Waals surface area contributed by atoms with Gasteiger partial charge in [-0.05, 0) is 18.2 Å². The van der Waals surface area contributed by atoms with Crippen molar-refractivity contribution in [3.05, 3.63) is 24.3 Å². The molecule has 6 nitrogen and oxygen atoms in total. The number of rotatable bonds is 4. The van der Waals surface area contributed by atoms with Crippen LogP contribution in [0, 0.1) is 0 Å². The highest BCUT2D eigenvalue weighted by Crippen LogP contribution is 2.16. The van der Waals surface area contributed by atoms with Gasteiger partial charge in [-0.25, -0.2) is 16.8 Å². The minimum absolute atomic E-state index is 0.121. The third-order valence-electron chi connectivity index (χ3n) is 1.96. The van der Waals surface area contributed by atoms with Gasteiger partial charge in [-0.1, -0.05) is 6.07 Å². The van der Waals surface area contributed by atoms with Gasteiger partial charge in [0, 0.05) is 0 Å². The van der Waals surface area contributed by atoms with Crippen LogP contribution < -0.4 is 11.5 Å². The van der Waals surface area contributed by atoms with E-state index in [1.165, 1.54) is 18.2 Å². The normalized spacial score (nSPS) is 12.6. The van der Waals surface area contributed by atoms with Crippen molar-refractivity contribution in [2.24, 2.45) is 11.5 Å².